The highest BCUT2D eigenvalue weighted by atomic mass is 32.1. The number of amides is 1. The Bertz CT molecular complexity index is 392. The summed E-state index contributed by atoms with van der Waals surface area (Å²) < 4.78 is 0. The molecular formula is C13H18N2OS. The van der Waals surface area contributed by atoms with Crippen molar-refractivity contribution in [3.05, 3.63) is 22.4 Å². The zero-order chi connectivity index (χ0) is 12.8. The molecule has 0 bridgehead atoms. The SMILES string of the molecule is C#CCC(N)C(=O)NC(c1cccs1)C(C)C. The Balaban J connectivity index is 2.69. The summed E-state index contributed by atoms with van der Waals surface area (Å²) in [7, 11) is 0. The molecule has 3 N–H and O–H groups in total. The Morgan fingerprint density at radius 1 is 1.65 bits per heavy atom. The molecule has 1 aromatic heterocycles. The largest absolute Gasteiger partial charge is 0.347 e. The van der Waals surface area contributed by atoms with E-state index in [1.165, 1.54) is 0 Å². The molecule has 1 heterocycles. The highest BCUT2D eigenvalue weighted by Crippen LogP contribution is 2.25. The molecule has 2 unspecified atom stereocenters. The predicted octanol–water partition coefficient (Wildman–Crippen LogP) is 1.91. The number of thiophene rings is 1. The molecule has 0 radical (unpaired) electrons. The van der Waals surface area contributed by atoms with E-state index in [9.17, 15) is 4.79 Å². The first-order valence-electron chi connectivity index (χ1n) is 5.59. The molecule has 0 aliphatic carbocycles. The first-order chi connectivity index (χ1) is 8.06. The van der Waals surface area contributed by atoms with Gasteiger partial charge in [-0.3, -0.25) is 4.79 Å². The molecule has 92 valence electrons. The molecule has 0 spiro atoms. The van der Waals surface area contributed by atoms with Crippen LogP contribution in [0.25, 0.3) is 0 Å². The summed E-state index contributed by atoms with van der Waals surface area (Å²) in [5.74, 6) is 2.53. The van der Waals surface area contributed by atoms with E-state index in [-0.39, 0.29) is 18.4 Å². The zero-order valence-corrected chi connectivity index (χ0v) is 11.0. The van der Waals surface area contributed by atoms with Crippen LogP contribution in [-0.4, -0.2) is 11.9 Å². The van der Waals surface area contributed by atoms with E-state index in [1.54, 1.807) is 11.3 Å². The summed E-state index contributed by atoms with van der Waals surface area (Å²) in [6, 6.07) is 3.37. The smallest absolute Gasteiger partial charge is 0.238 e. The fourth-order valence-corrected chi connectivity index (χ4v) is 2.46. The van der Waals surface area contributed by atoms with Gasteiger partial charge >= 0.3 is 0 Å². The fraction of sp³-hybridized carbons (Fsp3) is 0.462. The van der Waals surface area contributed by atoms with Gasteiger partial charge in [-0.2, -0.15) is 0 Å². The van der Waals surface area contributed by atoms with Crippen LogP contribution in [0.2, 0.25) is 0 Å². The van der Waals surface area contributed by atoms with E-state index in [4.69, 9.17) is 12.2 Å². The summed E-state index contributed by atoms with van der Waals surface area (Å²) in [6.07, 6.45) is 5.41. The number of carbonyl (C=O) groups excluding carboxylic acids is 1. The lowest BCUT2D eigenvalue weighted by molar-refractivity contribution is -0.123. The van der Waals surface area contributed by atoms with Crippen molar-refractivity contribution in [1.82, 2.24) is 5.32 Å². The minimum Gasteiger partial charge on any atom is -0.347 e. The van der Waals surface area contributed by atoms with Crippen LogP contribution in [0.15, 0.2) is 17.5 Å². The van der Waals surface area contributed by atoms with Crippen LogP contribution >= 0.6 is 11.3 Å². The van der Waals surface area contributed by atoms with Crippen molar-refractivity contribution in [2.24, 2.45) is 11.7 Å². The van der Waals surface area contributed by atoms with E-state index in [0.717, 1.165) is 4.88 Å². The number of rotatable bonds is 5. The minimum absolute atomic E-state index is 0.00586. The first kappa shape index (κ1) is 13.8. The van der Waals surface area contributed by atoms with Crippen LogP contribution in [0.5, 0.6) is 0 Å². The molecule has 3 nitrogen and oxygen atoms in total. The molecule has 0 aliphatic rings. The van der Waals surface area contributed by atoms with Crippen LogP contribution in [0.4, 0.5) is 0 Å². The van der Waals surface area contributed by atoms with Crippen LogP contribution in [-0.2, 0) is 4.79 Å². The maximum absolute atomic E-state index is 11.8. The standard InChI is InChI=1S/C13H18N2OS/c1-4-6-10(14)13(16)15-12(9(2)3)11-7-5-8-17-11/h1,5,7-10,12H,6,14H2,2-3H3,(H,15,16). The summed E-state index contributed by atoms with van der Waals surface area (Å²) in [5.41, 5.74) is 5.68. The van der Waals surface area contributed by atoms with Crippen LogP contribution in [0, 0.1) is 18.3 Å². The Kier molecular flexibility index (Phi) is 5.20. The number of hydrogen-bond donors (Lipinski definition) is 2. The molecule has 0 aromatic carbocycles. The lowest BCUT2D eigenvalue weighted by Gasteiger charge is -2.22. The van der Waals surface area contributed by atoms with E-state index in [1.807, 2.05) is 17.5 Å². The van der Waals surface area contributed by atoms with Crippen molar-refractivity contribution < 1.29 is 4.79 Å². The van der Waals surface area contributed by atoms with E-state index in [2.05, 4.69) is 25.1 Å². The second-order valence-corrected chi connectivity index (χ2v) is 5.24. The molecule has 0 saturated carbocycles. The van der Waals surface area contributed by atoms with E-state index >= 15 is 0 Å². The summed E-state index contributed by atoms with van der Waals surface area (Å²) in [5, 5.41) is 4.95. The average Bonchev–Trinajstić information content (AvgIpc) is 2.78. The summed E-state index contributed by atoms with van der Waals surface area (Å²) in [6.45, 7) is 4.13. The van der Waals surface area contributed by atoms with Crippen molar-refractivity contribution in [3.8, 4) is 12.3 Å². The first-order valence-corrected chi connectivity index (χ1v) is 6.47. The summed E-state index contributed by atoms with van der Waals surface area (Å²) in [4.78, 5) is 13.0. The van der Waals surface area contributed by atoms with Gasteiger partial charge < -0.3 is 11.1 Å². The van der Waals surface area contributed by atoms with Gasteiger partial charge in [-0.15, -0.1) is 23.7 Å². The van der Waals surface area contributed by atoms with Gasteiger partial charge in [0.2, 0.25) is 5.91 Å². The van der Waals surface area contributed by atoms with Gasteiger partial charge in [0.1, 0.15) is 0 Å². The number of hydrogen-bond acceptors (Lipinski definition) is 3. The van der Waals surface area contributed by atoms with Crippen molar-refractivity contribution in [2.75, 3.05) is 0 Å². The highest BCUT2D eigenvalue weighted by molar-refractivity contribution is 7.10. The molecule has 0 saturated heterocycles. The predicted molar refractivity (Wildman–Crippen MR) is 71.5 cm³/mol. The average molecular weight is 250 g/mol. The molecule has 1 aromatic rings. The molecular weight excluding hydrogens is 232 g/mol. The lowest BCUT2D eigenvalue weighted by Crippen LogP contribution is -2.43. The Hall–Kier alpha value is -1.31. The third kappa shape index (κ3) is 3.88. The van der Waals surface area contributed by atoms with Crippen molar-refractivity contribution >= 4 is 17.2 Å². The maximum atomic E-state index is 11.8. The molecule has 17 heavy (non-hydrogen) atoms. The minimum atomic E-state index is -0.624. The molecule has 0 fully saturated rings. The van der Waals surface area contributed by atoms with E-state index < -0.39 is 6.04 Å². The molecule has 0 aliphatic heterocycles. The molecule has 2 atom stereocenters. The topological polar surface area (TPSA) is 55.1 Å². The Labute approximate surface area is 106 Å². The van der Waals surface area contributed by atoms with Crippen molar-refractivity contribution in [2.45, 2.75) is 32.4 Å². The molecule has 1 amide bonds. The van der Waals surface area contributed by atoms with Gasteiger partial charge in [0, 0.05) is 11.3 Å². The van der Waals surface area contributed by atoms with Gasteiger partial charge in [0.15, 0.2) is 0 Å². The fourth-order valence-electron chi connectivity index (χ4n) is 1.51. The molecule has 1 rings (SSSR count). The normalized spacial score (nSPS) is 14.1. The number of nitrogens with two attached hydrogens (primary N) is 1. The quantitative estimate of drug-likeness (QED) is 0.784. The third-order valence-corrected chi connectivity index (χ3v) is 3.44. The monoisotopic (exact) mass is 250 g/mol. The van der Waals surface area contributed by atoms with Gasteiger partial charge in [-0.1, -0.05) is 19.9 Å². The van der Waals surface area contributed by atoms with Crippen molar-refractivity contribution in [3.63, 3.8) is 0 Å². The Morgan fingerprint density at radius 2 is 2.35 bits per heavy atom. The lowest BCUT2D eigenvalue weighted by atomic mass is 10.0. The Morgan fingerprint density at radius 3 is 2.82 bits per heavy atom. The number of nitrogens with one attached hydrogen (secondary N) is 1. The second-order valence-electron chi connectivity index (χ2n) is 4.26. The second kappa shape index (κ2) is 6.43. The van der Waals surface area contributed by atoms with Gasteiger partial charge in [-0.05, 0) is 17.4 Å². The van der Waals surface area contributed by atoms with Gasteiger partial charge in [-0.25, -0.2) is 0 Å². The van der Waals surface area contributed by atoms with Crippen molar-refractivity contribution in [1.29, 1.82) is 0 Å². The number of terminal acetylenes is 1. The highest BCUT2D eigenvalue weighted by Gasteiger charge is 2.21. The van der Waals surface area contributed by atoms with Crippen LogP contribution in [0.1, 0.15) is 31.2 Å². The van der Waals surface area contributed by atoms with Gasteiger partial charge in [0.05, 0.1) is 12.1 Å². The van der Waals surface area contributed by atoms with Crippen LogP contribution < -0.4 is 11.1 Å². The zero-order valence-electron chi connectivity index (χ0n) is 10.1. The molecule has 4 heteroatoms. The number of carbonyl (C=O) groups is 1. The summed E-state index contributed by atoms with van der Waals surface area (Å²) >= 11 is 1.63. The van der Waals surface area contributed by atoms with Gasteiger partial charge in [0.25, 0.3) is 0 Å². The maximum Gasteiger partial charge on any atom is 0.238 e. The third-order valence-electron chi connectivity index (χ3n) is 2.49. The van der Waals surface area contributed by atoms with Crippen LogP contribution in [0.3, 0.4) is 0 Å². The van der Waals surface area contributed by atoms with E-state index in [0.29, 0.717) is 5.92 Å².